The van der Waals surface area contributed by atoms with Gasteiger partial charge in [-0.05, 0) is 31.0 Å². The van der Waals surface area contributed by atoms with E-state index in [2.05, 4.69) is 5.16 Å². The van der Waals surface area contributed by atoms with Crippen LogP contribution in [0.3, 0.4) is 0 Å². The minimum atomic E-state index is -0.278. The van der Waals surface area contributed by atoms with Gasteiger partial charge in [0, 0.05) is 19.5 Å². The number of aryl methyl sites for hydroxylation is 1. The number of benzene rings is 1. The lowest BCUT2D eigenvalue weighted by Crippen LogP contribution is -2.30. The van der Waals surface area contributed by atoms with Gasteiger partial charge < -0.3 is 9.42 Å². The topological polar surface area (TPSA) is 46.3 Å². The van der Waals surface area contributed by atoms with Crippen LogP contribution in [0.2, 0.25) is 0 Å². The summed E-state index contributed by atoms with van der Waals surface area (Å²) in [5.41, 5.74) is 1.53. The van der Waals surface area contributed by atoms with Gasteiger partial charge in [0.05, 0.1) is 6.04 Å². The molecule has 20 heavy (non-hydrogen) atoms. The first-order valence-corrected chi connectivity index (χ1v) is 6.48. The molecule has 2 aromatic rings. The molecule has 0 aliphatic heterocycles. The third-order valence-corrected chi connectivity index (χ3v) is 3.38. The second kappa shape index (κ2) is 6.32. The lowest BCUT2D eigenvalue weighted by molar-refractivity contribution is -0.131. The fourth-order valence-corrected chi connectivity index (χ4v) is 1.97. The SMILES string of the molecule is C[C@@H](c1ccon1)N(C)C(=O)CCc1cccc(F)c1. The summed E-state index contributed by atoms with van der Waals surface area (Å²) in [6.07, 6.45) is 2.34. The number of aromatic nitrogens is 1. The molecule has 0 saturated heterocycles. The normalized spacial score (nSPS) is 12.2. The number of hydrogen-bond donors (Lipinski definition) is 0. The number of halogens is 1. The Morgan fingerprint density at radius 3 is 2.90 bits per heavy atom. The van der Waals surface area contributed by atoms with Crippen molar-refractivity contribution in [3.63, 3.8) is 0 Å². The molecular formula is C15H17FN2O2. The molecule has 0 unspecified atom stereocenters. The van der Waals surface area contributed by atoms with E-state index in [1.165, 1.54) is 18.4 Å². The van der Waals surface area contributed by atoms with Crippen molar-refractivity contribution >= 4 is 5.91 Å². The molecule has 2 rings (SSSR count). The number of nitrogens with zero attached hydrogens (tertiary/aromatic N) is 2. The van der Waals surface area contributed by atoms with Crippen molar-refractivity contribution in [1.29, 1.82) is 0 Å². The van der Waals surface area contributed by atoms with Gasteiger partial charge >= 0.3 is 0 Å². The summed E-state index contributed by atoms with van der Waals surface area (Å²) in [5.74, 6) is -0.288. The van der Waals surface area contributed by atoms with Gasteiger partial charge in [0.1, 0.15) is 17.8 Å². The first kappa shape index (κ1) is 14.2. The molecule has 0 fully saturated rings. The fraction of sp³-hybridized carbons (Fsp3) is 0.333. The lowest BCUT2D eigenvalue weighted by atomic mass is 10.1. The van der Waals surface area contributed by atoms with Crippen molar-refractivity contribution in [2.75, 3.05) is 7.05 Å². The number of carbonyl (C=O) groups is 1. The van der Waals surface area contributed by atoms with Gasteiger partial charge in [-0.2, -0.15) is 0 Å². The van der Waals surface area contributed by atoms with E-state index in [0.29, 0.717) is 18.5 Å². The van der Waals surface area contributed by atoms with Crippen molar-refractivity contribution in [3.05, 3.63) is 53.7 Å². The van der Waals surface area contributed by atoms with Crippen molar-refractivity contribution < 1.29 is 13.7 Å². The molecule has 1 aromatic heterocycles. The van der Waals surface area contributed by atoms with Gasteiger partial charge in [0.2, 0.25) is 5.91 Å². The van der Waals surface area contributed by atoms with Crippen LogP contribution < -0.4 is 0 Å². The smallest absolute Gasteiger partial charge is 0.223 e. The quantitative estimate of drug-likeness (QED) is 0.843. The van der Waals surface area contributed by atoms with E-state index in [9.17, 15) is 9.18 Å². The van der Waals surface area contributed by atoms with E-state index < -0.39 is 0 Å². The van der Waals surface area contributed by atoms with Crippen molar-refractivity contribution in [2.24, 2.45) is 0 Å². The van der Waals surface area contributed by atoms with Crippen molar-refractivity contribution in [1.82, 2.24) is 10.1 Å². The van der Waals surface area contributed by atoms with Crippen LogP contribution in [0.25, 0.3) is 0 Å². The summed E-state index contributed by atoms with van der Waals surface area (Å²) < 4.78 is 17.8. The Morgan fingerprint density at radius 2 is 2.25 bits per heavy atom. The zero-order valence-electron chi connectivity index (χ0n) is 11.5. The Morgan fingerprint density at radius 1 is 1.45 bits per heavy atom. The maximum Gasteiger partial charge on any atom is 0.223 e. The molecule has 0 N–H and O–H groups in total. The van der Waals surface area contributed by atoms with Crippen LogP contribution in [-0.2, 0) is 11.2 Å². The number of carbonyl (C=O) groups excluding carboxylic acids is 1. The van der Waals surface area contributed by atoms with E-state index in [4.69, 9.17) is 4.52 Å². The van der Waals surface area contributed by atoms with E-state index in [-0.39, 0.29) is 17.8 Å². The Labute approximate surface area is 117 Å². The van der Waals surface area contributed by atoms with Gasteiger partial charge in [-0.15, -0.1) is 0 Å². The standard InChI is InChI=1S/C15H17FN2O2/c1-11(14-8-9-20-17-14)18(2)15(19)7-6-12-4-3-5-13(16)10-12/h3-5,8-11H,6-7H2,1-2H3/t11-/m0/s1. The Hall–Kier alpha value is -2.17. The molecule has 1 heterocycles. The molecule has 5 heteroatoms. The highest BCUT2D eigenvalue weighted by Crippen LogP contribution is 2.18. The number of hydrogen-bond acceptors (Lipinski definition) is 3. The van der Waals surface area contributed by atoms with Crippen LogP contribution in [0.5, 0.6) is 0 Å². The largest absolute Gasteiger partial charge is 0.364 e. The van der Waals surface area contributed by atoms with Crippen LogP contribution >= 0.6 is 0 Å². The fourth-order valence-electron chi connectivity index (χ4n) is 1.97. The summed E-state index contributed by atoms with van der Waals surface area (Å²) >= 11 is 0. The second-order valence-corrected chi connectivity index (χ2v) is 4.73. The number of rotatable bonds is 5. The Balaban J connectivity index is 1.91. The maximum absolute atomic E-state index is 13.1. The molecule has 1 aromatic carbocycles. The Kier molecular flexibility index (Phi) is 4.50. The van der Waals surface area contributed by atoms with E-state index in [1.54, 1.807) is 24.1 Å². The minimum absolute atomic E-state index is 0.00948. The molecule has 1 atom stereocenters. The predicted octanol–water partition coefficient (Wildman–Crippen LogP) is 2.97. The highest BCUT2D eigenvalue weighted by molar-refractivity contribution is 5.76. The molecule has 1 amide bonds. The van der Waals surface area contributed by atoms with Crippen LogP contribution in [0.15, 0.2) is 41.1 Å². The summed E-state index contributed by atoms with van der Waals surface area (Å²) in [6.45, 7) is 1.89. The molecule has 0 aliphatic carbocycles. The van der Waals surface area contributed by atoms with Gasteiger partial charge in [0.25, 0.3) is 0 Å². The molecule has 0 spiro atoms. The first-order valence-electron chi connectivity index (χ1n) is 6.48. The number of amides is 1. The Bertz CT molecular complexity index is 569. The first-order chi connectivity index (χ1) is 9.58. The van der Waals surface area contributed by atoms with Gasteiger partial charge in [-0.25, -0.2) is 4.39 Å². The van der Waals surface area contributed by atoms with Gasteiger partial charge in [0.15, 0.2) is 0 Å². The van der Waals surface area contributed by atoms with Crippen molar-refractivity contribution in [2.45, 2.75) is 25.8 Å². The molecule has 0 saturated carbocycles. The van der Waals surface area contributed by atoms with E-state index in [1.807, 2.05) is 13.0 Å². The van der Waals surface area contributed by atoms with Crippen molar-refractivity contribution in [3.8, 4) is 0 Å². The maximum atomic E-state index is 13.1. The monoisotopic (exact) mass is 276 g/mol. The molecule has 106 valence electrons. The zero-order valence-corrected chi connectivity index (χ0v) is 11.5. The summed E-state index contributed by atoms with van der Waals surface area (Å²) in [6, 6.07) is 7.90. The average molecular weight is 276 g/mol. The van der Waals surface area contributed by atoms with E-state index >= 15 is 0 Å². The van der Waals surface area contributed by atoms with Gasteiger partial charge in [-0.3, -0.25) is 4.79 Å². The highest BCUT2D eigenvalue weighted by Gasteiger charge is 2.19. The summed E-state index contributed by atoms with van der Waals surface area (Å²) in [5, 5.41) is 3.83. The molecular weight excluding hydrogens is 259 g/mol. The minimum Gasteiger partial charge on any atom is -0.364 e. The third kappa shape index (κ3) is 3.44. The highest BCUT2D eigenvalue weighted by atomic mass is 19.1. The van der Waals surface area contributed by atoms with Gasteiger partial charge in [-0.1, -0.05) is 17.3 Å². The molecule has 4 nitrogen and oxygen atoms in total. The lowest BCUT2D eigenvalue weighted by Gasteiger charge is -2.23. The van der Waals surface area contributed by atoms with Crippen LogP contribution in [-0.4, -0.2) is 23.0 Å². The second-order valence-electron chi connectivity index (χ2n) is 4.73. The van der Waals surface area contributed by atoms with Crippen LogP contribution in [0.1, 0.15) is 30.6 Å². The predicted molar refractivity (Wildman–Crippen MR) is 72.4 cm³/mol. The zero-order chi connectivity index (χ0) is 14.5. The molecule has 0 bridgehead atoms. The summed E-state index contributed by atoms with van der Waals surface area (Å²) in [7, 11) is 1.73. The third-order valence-electron chi connectivity index (χ3n) is 3.38. The van der Waals surface area contributed by atoms with E-state index in [0.717, 1.165) is 5.56 Å². The molecule has 0 aliphatic rings. The molecule has 0 radical (unpaired) electrons. The summed E-state index contributed by atoms with van der Waals surface area (Å²) in [4.78, 5) is 13.7. The van der Waals surface area contributed by atoms with Crippen LogP contribution in [0.4, 0.5) is 4.39 Å². The van der Waals surface area contributed by atoms with Crippen LogP contribution in [0, 0.1) is 5.82 Å². The average Bonchev–Trinajstić information content (AvgIpc) is 2.97.